The van der Waals surface area contributed by atoms with E-state index in [4.69, 9.17) is 4.74 Å². The van der Waals surface area contributed by atoms with E-state index in [9.17, 15) is 0 Å². The van der Waals surface area contributed by atoms with Crippen LogP contribution >= 0.6 is 11.3 Å². The second kappa shape index (κ2) is 7.06. The van der Waals surface area contributed by atoms with Gasteiger partial charge in [0, 0.05) is 36.6 Å². The number of rotatable bonds is 7. The number of ether oxygens (including phenoxy) is 1. The first-order chi connectivity index (χ1) is 8.40. The van der Waals surface area contributed by atoms with Crippen LogP contribution in [0.15, 0.2) is 11.6 Å². The lowest BCUT2D eigenvalue weighted by Crippen LogP contribution is -2.40. The van der Waals surface area contributed by atoms with E-state index in [1.165, 1.54) is 6.42 Å². The van der Waals surface area contributed by atoms with Crippen LogP contribution in [0.2, 0.25) is 0 Å². The van der Waals surface area contributed by atoms with Crippen molar-refractivity contribution in [1.29, 1.82) is 0 Å². The summed E-state index contributed by atoms with van der Waals surface area (Å²) in [6.07, 6.45) is 3.03. The first kappa shape index (κ1) is 13.0. The van der Waals surface area contributed by atoms with Crippen LogP contribution in [0.4, 0.5) is 0 Å². The average Bonchev–Trinajstić information content (AvgIpc) is 2.98. The molecule has 5 heteroatoms. The Kier molecular flexibility index (Phi) is 5.38. The third-order valence-electron chi connectivity index (χ3n) is 3.02. The standard InChI is InChI=1S/C12H21N3OS/c1-2-3-14-11-9-16-8-10(11)6-13-7-12-15-4-5-17-12/h4-5,10-11,13-14H,2-3,6-9H2,1H3. The van der Waals surface area contributed by atoms with Crippen LogP contribution in [0.1, 0.15) is 18.4 Å². The second-order valence-electron chi connectivity index (χ2n) is 4.41. The average molecular weight is 255 g/mol. The predicted octanol–water partition coefficient (Wildman–Crippen LogP) is 1.25. The molecule has 2 N–H and O–H groups in total. The quantitative estimate of drug-likeness (QED) is 0.770. The van der Waals surface area contributed by atoms with Crippen LogP contribution in [0.25, 0.3) is 0 Å². The zero-order valence-corrected chi connectivity index (χ0v) is 11.1. The molecule has 2 rings (SSSR count). The molecule has 2 heterocycles. The fraction of sp³-hybridized carbons (Fsp3) is 0.750. The molecule has 1 aliphatic rings. The molecule has 96 valence electrons. The van der Waals surface area contributed by atoms with Gasteiger partial charge in [0.05, 0.1) is 13.2 Å². The van der Waals surface area contributed by atoms with Crippen LogP contribution in [0, 0.1) is 5.92 Å². The summed E-state index contributed by atoms with van der Waals surface area (Å²) in [4.78, 5) is 4.26. The van der Waals surface area contributed by atoms with Crippen molar-refractivity contribution < 1.29 is 4.74 Å². The first-order valence-corrected chi connectivity index (χ1v) is 7.18. The molecule has 0 spiro atoms. The second-order valence-corrected chi connectivity index (χ2v) is 5.39. The zero-order chi connectivity index (χ0) is 11.9. The Bertz CT molecular complexity index is 305. The number of nitrogens with zero attached hydrogens (tertiary/aromatic N) is 1. The molecule has 0 saturated carbocycles. The van der Waals surface area contributed by atoms with Gasteiger partial charge in [-0.05, 0) is 13.0 Å². The third-order valence-corrected chi connectivity index (χ3v) is 3.80. The van der Waals surface area contributed by atoms with Crippen molar-refractivity contribution in [2.45, 2.75) is 25.9 Å². The molecular weight excluding hydrogens is 234 g/mol. The number of aromatic nitrogens is 1. The summed E-state index contributed by atoms with van der Waals surface area (Å²) in [5.74, 6) is 0.585. The van der Waals surface area contributed by atoms with Gasteiger partial charge in [0.15, 0.2) is 0 Å². The molecule has 2 unspecified atom stereocenters. The summed E-state index contributed by atoms with van der Waals surface area (Å²) in [6, 6.07) is 0.513. The summed E-state index contributed by atoms with van der Waals surface area (Å²) in [6.45, 7) is 6.86. The molecule has 0 aromatic carbocycles. The molecule has 2 atom stereocenters. The monoisotopic (exact) mass is 255 g/mol. The fourth-order valence-electron chi connectivity index (χ4n) is 2.06. The van der Waals surface area contributed by atoms with Gasteiger partial charge in [0.1, 0.15) is 5.01 Å². The van der Waals surface area contributed by atoms with Gasteiger partial charge >= 0.3 is 0 Å². The highest BCUT2D eigenvalue weighted by Gasteiger charge is 2.26. The van der Waals surface area contributed by atoms with Crippen molar-refractivity contribution in [3.63, 3.8) is 0 Å². The SMILES string of the molecule is CCCNC1COCC1CNCc1nccs1. The number of hydrogen-bond donors (Lipinski definition) is 2. The molecule has 0 radical (unpaired) electrons. The lowest BCUT2D eigenvalue weighted by Gasteiger charge is -2.18. The van der Waals surface area contributed by atoms with Crippen molar-refractivity contribution in [3.05, 3.63) is 16.6 Å². The van der Waals surface area contributed by atoms with Crippen LogP contribution in [0.3, 0.4) is 0 Å². The van der Waals surface area contributed by atoms with E-state index in [0.29, 0.717) is 12.0 Å². The van der Waals surface area contributed by atoms with Gasteiger partial charge in [0.25, 0.3) is 0 Å². The normalized spacial score (nSPS) is 24.3. The van der Waals surface area contributed by atoms with Crippen LogP contribution in [-0.4, -0.2) is 37.3 Å². The van der Waals surface area contributed by atoms with Gasteiger partial charge in [-0.1, -0.05) is 6.92 Å². The summed E-state index contributed by atoms with van der Waals surface area (Å²) in [5, 5.41) is 10.2. The smallest absolute Gasteiger partial charge is 0.106 e. The Balaban J connectivity index is 1.67. The van der Waals surface area contributed by atoms with Gasteiger partial charge < -0.3 is 15.4 Å². The van der Waals surface area contributed by atoms with Gasteiger partial charge in [-0.2, -0.15) is 0 Å². The molecular formula is C12H21N3OS. The van der Waals surface area contributed by atoms with Crippen LogP contribution < -0.4 is 10.6 Å². The summed E-state index contributed by atoms with van der Waals surface area (Å²) in [7, 11) is 0. The Morgan fingerprint density at radius 2 is 2.47 bits per heavy atom. The summed E-state index contributed by atoms with van der Waals surface area (Å²) >= 11 is 1.70. The van der Waals surface area contributed by atoms with Crippen LogP contribution in [0.5, 0.6) is 0 Å². The predicted molar refractivity (Wildman–Crippen MR) is 70.2 cm³/mol. The minimum Gasteiger partial charge on any atom is -0.379 e. The lowest BCUT2D eigenvalue weighted by atomic mass is 10.0. The van der Waals surface area contributed by atoms with E-state index in [-0.39, 0.29) is 0 Å². The lowest BCUT2D eigenvalue weighted by molar-refractivity contribution is 0.182. The van der Waals surface area contributed by atoms with Crippen molar-refractivity contribution in [2.75, 3.05) is 26.3 Å². The van der Waals surface area contributed by atoms with E-state index < -0.39 is 0 Å². The molecule has 0 amide bonds. The molecule has 1 aliphatic heterocycles. The Morgan fingerprint density at radius 1 is 1.53 bits per heavy atom. The number of hydrogen-bond acceptors (Lipinski definition) is 5. The minimum absolute atomic E-state index is 0.513. The maximum absolute atomic E-state index is 5.54. The van der Waals surface area contributed by atoms with Crippen molar-refractivity contribution in [1.82, 2.24) is 15.6 Å². The van der Waals surface area contributed by atoms with Gasteiger partial charge in [-0.3, -0.25) is 0 Å². The fourth-order valence-corrected chi connectivity index (χ4v) is 2.65. The molecule has 1 aromatic heterocycles. The summed E-state index contributed by atoms with van der Waals surface area (Å²) < 4.78 is 5.54. The molecule has 0 aliphatic carbocycles. The zero-order valence-electron chi connectivity index (χ0n) is 10.3. The molecule has 4 nitrogen and oxygen atoms in total. The Hall–Kier alpha value is -0.490. The van der Waals surface area contributed by atoms with E-state index >= 15 is 0 Å². The van der Waals surface area contributed by atoms with Crippen molar-refractivity contribution in [2.24, 2.45) is 5.92 Å². The van der Waals surface area contributed by atoms with Gasteiger partial charge in [-0.15, -0.1) is 11.3 Å². The van der Waals surface area contributed by atoms with Crippen molar-refractivity contribution in [3.8, 4) is 0 Å². The highest BCUT2D eigenvalue weighted by molar-refractivity contribution is 7.09. The van der Waals surface area contributed by atoms with Gasteiger partial charge in [-0.25, -0.2) is 4.98 Å². The van der Waals surface area contributed by atoms with Crippen LogP contribution in [-0.2, 0) is 11.3 Å². The number of nitrogens with one attached hydrogen (secondary N) is 2. The molecule has 0 bridgehead atoms. The highest BCUT2D eigenvalue weighted by Crippen LogP contribution is 2.13. The number of thiazole rings is 1. The minimum atomic E-state index is 0.513. The third kappa shape index (κ3) is 4.03. The summed E-state index contributed by atoms with van der Waals surface area (Å²) in [5.41, 5.74) is 0. The molecule has 1 saturated heterocycles. The van der Waals surface area contributed by atoms with Crippen molar-refractivity contribution >= 4 is 11.3 Å². The van der Waals surface area contributed by atoms with Gasteiger partial charge in [0.2, 0.25) is 0 Å². The largest absolute Gasteiger partial charge is 0.379 e. The van der Waals surface area contributed by atoms with E-state index in [1.54, 1.807) is 11.3 Å². The highest BCUT2D eigenvalue weighted by atomic mass is 32.1. The molecule has 17 heavy (non-hydrogen) atoms. The maximum Gasteiger partial charge on any atom is 0.106 e. The van der Waals surface area contributed by atoms with E-state index in [1.807, 2.05) is 11.6 Å². The first-order valence-electron chi connectivity index (χ1n) is 6.30. The Labute approximate surface area is 107 Å². The van der Waals surface area contributed by atoms with E-state index in [2.05, 4.69) is 22.5 Å². The Morgan fingerprint density at radius 3 is 3.24 bits per heavy atom. The molecule has 1 fully saturated rings. The molecule has 1 aromatic rings. The van der Waals surface area contributed by atoms with E-state index in [0.717, 1.165) is 37.9 Å². The topological polar surface area (TPSA) is 46.2 Å². The maximum atomic E-state index is 5.54.